The fourth-order valence-corrected chi connectivity index (χ4v) is 3.34. The minimum Gasteiger partial charge on any atom is -0.368 e. The van der Waals surface area contributed by atoms with Crippen LogP contribution in [-0.2, 0) is 0 Å². The zero-order valence-corrected chi connectivity index (χ0v) is 12.1. The van der Waals surface area contributed by atoms with Gasteiger partial charge in [0.15, 0.2) is 0 Å². The summed E-state index contributed by atoms with van der Waals surface area (Å²) in [6.07, 6.45) is 6.80. The van der Waals surface area contributed by atoms with Crippen LogP contribution in [-0.4, -0.2) is 41.2 Å². The highest BCUT2D eigenvalue weighted by Gasteiger charge is 2.40. The fourth-order valence-electron chi connectivity index (χ4n) is 3.34. The SMILES string of the molecule is C=CC(C)=NC(N)=NC1C[C@H]2CC[C@@H](C1)N2CCC#N. The van der Waals surface area contributed by atoms with E-state index in [2.05, 4.69) is 27.5 Å². The van der Waals surface area contributed by atoms with Gasteiger partial charge in [-0.3, -0.25) is 4.90 Å². The minimum atomic E-state index is 0.271. The number of allylic oxidation sites excluding steroid dienone is 1. The minimum absolute atomic E-state index is 0.271. The second kappa shape index (κ2) is 6.67. The molecule has 0 spiro atoms. The first-order chi connectivity index (χ1) is 9.63. The molecule has 2 fully saturated rings. The summed E-state index contributed by atoms with van der Waals surface area (Å²) < 4.78 is 0. The van der Waals surface area contributed by atoms with E-state index in [-0.39, 0.29) is 6.04 Å². The molecular weight excluding hydrogens is 250 g/mol. The molecule has 2 rings (SSSR count). The van der Waals surface area contributed by atoms with Crippen LogP contribution in [0, 0.1) is 11.3 Å². The molecule has 0 saturated carbocycles. The van der Waals surface area contributed by atoms with Crippen LogP contribution in [0.4, 0.5) is 0 Å². The largest absolute Gasteiger partial charge is 0.368 e. The summed E-state index contributed by atoms with van der Waals surface area (Å²) in [7, 11) is 0. The van der Waals surface area contributed by atoms with Crippen LogP contribution >= 0.6 is 0 Å². The maximum absolute atomic E-state index is 8.73. The van der Waals surface area contributed by atoms with Crippen LogP contribution < -0.4 is 5.73 Å². The number of guanidine groups is 1. The van der Waals surface area contributed by atoms with E-state index in [0.717, 1.165) is 25.1 Å². The van der Waals surface area contributed by atoms with Crippen LogP contribution in [0.25, 0.3) is 0 Å². The summed E-state index contributed by atoms with van der Waals surface area (Å²) in [4.78, 5) is 11.2. The molecular formula is C15H23N5. The lowest BCUT2D eigenvalue weighted by molar-refractivity contribution is 0.131. The number of piperidine rings is 1. The first-order valence-corrected chi connectivity index (χ1v) is 7.27. The molecule has 5 nitrogen and oxygen atoms in total. The van der Waals surface area contributed by atoms with Crippen molar-refractivity contribution in [1.29, 1.82) is 5.26 Å². The zero-order chi connectivity index (χ0) is 14.5. The molecule has 2 heterocycles. The van der Waals surface area contributed by atoms with Crippen molar-refractivity contribution in [2.75, 3.05) is 6.54 Å². The Balaban J connectivity index is 1.97. The molecule has 2 N–H and O–H groups in total. The van der Waals surface area contributed by atoms with Crippen LogP contribution in [0.5, 0.6) is 0 Å². The molecule has 0 aromatic heterocycles. The predicted molar refractivity (Wildman–Crippen MR) is 81.7 cm³/mol. The van der Waals surface area contributed by atoms with E-state index in [1.165, 1.54) is 12.8 Å². The van der Waals surface area contributed by atoms with Crippen molar-refractivity contribution in [1.82, 2.24) is 4.90 Å². The Morgan fingerprint density at radius 3 is 2.65 bits per heavy atom. The molecule has 0 aliphatic carbocycles. The smallest absolute Gasteiger partial charge is 0.215 e. The van der Waals surface area contributed by atoms with Crippen LogP contribution in [0.3, 0.4) is 0 Å². The highest BCUT2D eigenvalue weighted by molar-refractivity contribution is 6.01. The van der Waals surface area contributed by atoms with Crippen molar-refractivity contribution >= 4 is 11.7 Å². The molecule has 2 aliphatic rings. The van der Waals surface area contributed by atoms with Gasteiger partial charge in [-0.15, -0.1) is 0 Å². The highest BCUT2D eigenvalue weighted by Crippen LogP contribution is 2.36. The third-order valence-corrected chi connectivity index (χ3v) is 4.24. The van der Waals surface area contributed by atoms with Crippen molar-refractivity contribution < 1.29 is 0 Å². The molecule has 108 valence electrons. The van der Waals surface area contributed by atoms with Crippen LogP contribution in [0.2, 0.25) is 0 Å². The quantitative estimate of drug-likeness (QED) is 0.627. The molecule has 0 amide bonds. The lowest BCUT2D eigenvalue weighted by atomic mass is 9.97. The third kappa shape index (κ3) is 3.45. The lowest BCUT2D eigenvalue weighted by Gasteiger charge is -2.37. The number of aliphatic imine (C=N–C) groups is 2. The molecule has 20 heavy (non-hydrogen) atoms. The summed E-state index contributed by atoms with van der Waals surface area (Å²) in [6, 6.07) is 3.64. The number of hydrogen-bond donors (Lipinski definition) is 1. The van der Waals surface area contributed by atoms with Gasteiger partial charge in [0.1, 0.15) is 0 Å². The Morgan fingerprint density at radius 1 is 1.45 bits per heavy atom. The van der Waals surface area contributed by atoms with Gasteiger partial charge in [0, 0.05) is 30.8 Å². The molecule has 2 saturated heterocycles. The number of fused-ring (bicyclic) bond motifs is 2. The van der Waals surface area contributed by atoms with Gasteiger partial charge >= 0.3 is 0 Å². The molecule has 1 unspecified atom stereocenters. The molecule has 0 aromatic rings. The Labute approximate surface area is 120 Å². The van der Waals surface area contributed by atoms with Gasteiger partial charge in [0.25, 0.3) is 0 Å². The number of nitrogens with zero attached hydrogens (tertiary/aromatic N) is 4. The van der Waals surface area contributed by atoms with Gasteiger partial charge in [-0.25, -0.2) is 9.98 Å². The fraction of sp³-hybridized carbons (Fsp3) is 0.667. The normalized spacial score (nSPS) is 31.1. The number of nitrogens with two attached hydrogens (primary N) is 1. The zero-order valence-electron chi connectivity index (χ0n) is 12.1. The van der Waals surface area contributed by atoms with E-state index < -0.39 is 0 Å². The van der Waals surface area contributed by atoms with Crippen molar-refractivity contribution in [2.24, 2.45) is 15.7 Å². The monoisotopic (exact) mass is 273 g/mol. The summed E-state index contributed by atoms with van der Waals surface area (Å²) in [5, 5.41) is 8.73. The maximum Gasteiger partial charge on any atom is 0.215 e. The lowest BCUT2D eigenvalue weighted by Crippen LogP contribution is -2.44. The van der Waals surface area contributed by atoms with Crippen molar-refractivity contribution in [3.8, 4) is 6.07 Å². The molecule has 3 atom stereocenters. The number of nitriles is 1. The van der Waals surface area contributed by atoms with Crippen molar-refractivity contribution in [3.63, 3.8) is 0 Å². The highest BCUT2D eigenvalue weighted by atomic mass is 15.2. The Bertz CT molecular complexity index is 445. The third-order valence-electron chi connectivity index (χ3n) is 4.24. The van der Waals surface area contributed by atoms with E-state index >= 15 is 0 Å². The summed E-state index contributed by atoms with van der Waals surface area (Å²) in [6.45, 7) is 6.42. The average Bonchev–Trinajstić information content (AvgIpc) is 2.66. The molecule has 2 bridgehead atoms. The topological polar surface area (TPSA) is 77.8 Å². The van der Waals surface area contributed by atoms with Gasteiger partial charge in [-0.05, 0) is 38.7 Å². The van der Waals surface area contributed by atoms with Gasteiger partial charge in [0.05, 0.1) is 12.1 Å². The van der Waals surface area contributed by atoms with E-state index in [4.69, 9.17) is 11.0 Å². The van der Waals surface area contributed by atoms with Crippen molar-refractivity contribution in [2.45, 2.75) is 57.2 Å². The van der Waals surface area contributed by atoms with Gasteiger partial charge in [-0.1, -0.05) is 6.58 Å². The second-order valence-electron chi connectivity index (χ2n) is 5.60. The Kier molecular flexibility index (Phi) is 4.91. The Hall–Kier alpha value is -1.67. The van der Waals surface area contributed by atoms with E-state index in [1.54, 1.807) is 6.08 Å². The van der Waals surface area contributed by atoms with Gasteiger partial charge in [0.2, 0.25) is 5.96 Å². The Morgan fingerprint density at radius 2 is 2.10 bits per heavy atom. The maximum atomic E-state index is 8.73. The number of rotatable bonds is 4. The average molecular weight is 273 g/mol. The van der Waals surface area contributed by atoms with Gasteiger partial charge < -0.3 is 5.73 Å². The predicted octanol–water partition coefficient (Wildman–Crippen LogP) is 1.86. The van der Waals surface area contributed by atoms with Crippen molar-refractivity contribution in [3.05, 3.63) is 12.7 Å². The van der Waals surface area contributed by atoms with E-state index in [0.29, 0.717) is 24.5 Å². The first-order valence-electron chi connectivity index (χ1n) is 7.27. The van der Waals surface area contributed by atoms with Gasteiger partial charge in [-0.2, -0.15) is 5.26 Å². The number of hydrogen-bond acceptors (Lipinski definition) is 3. The standard InChI is InChI=1S/C15H23N5/c1-3-11(2)18-15(17)19-12-9-13-5-6-14(10-12)20(13)8-4-7-16/h3,12-14H,1,4-6,8-10H2,2H3,(H2,17,19)/t12?,13-,14+. The molecule has 2 aliphatic heterocycles. The van der Waals surface area contributed by atoms with Crippen LogP contribution in [0.1, 0.15) is 39.0 Å². The summed E-state index contributed by atoms with van der Waals surface area (Å²) >= 11 is 0. The van der Waals surface area contributed by atoms with E-state index in [1.807, 2.05) is 6.92 Å². The van der Waals surface area contributed by atoms with Crippen LogP contribution in [0.15, 0.2) is 22.6 Å². The molecule has 0 radical (unpaired) electrons. The first kappa shape index (κ1) is 14.7. The van der Waals surface area contributed by atoms with E-state index in [9.17, 15) is 0 Å². The molecule has 0 aromatic carbocycles. The molecule has 5 heteroatoms. The summed E-state index contributed by atoms with van der Waals surface area (Å²) in [5.74, 6) is 0.359. The second-order valence-corrected chi connectivity index (χ2v) is 5.60. The summed E-state index contributed by atoms with van der Waals surface area (Å²) in [5.41, 5.74) is 6.66.